The Balaban J connectivity index is 2.02. The molecule has 2 nitrogen and oxygen atoms in total. The molecule has 0 bridgehead atoms. The predicted molar refractivity (Wildman–Crippen MR) is 91.4 cm³/mol. The summed E-state index contributed by atoms with van der Waals surface area (Å²) in [6, 6.07) is 12.5. The van der Waals surface area contributed by atoms with Crippen molar-refractivity contribution in [2.24, 2.45) is 0 Å². The zero-order valence-corrected chi connectivity index (χ0v) is 13.6. The fourth-order valence-electron chi connectivity index (χ4n) is 2.37. The minimum atomic E-state index is 0.772. The number of rotatable bonds is 4. The fraction of sp³-hybridized carbons (Fsp3) is 0.176. The first-order valence-electron chi connectivity index (χ1n) is 6.86. The highest BCUT2D eigenvalue weighted by atomic mass is 35.5. The molecule has 1 heterocycles. The third-order valence-corrected chi connectivity index (χ3v) is 4.81. The summed E-state index contributed by atoms with van der Waals surface area (Å²) >= 11 is 7.92. The average Bonchev–Trinajstić information content (AvgIpc) is 2.84. The van der Waals surface area contributed by atoms with Crippen molar-refractivity contribution in [3.63, 3.8) is 0 Å². The maximum atomic E-state index is 6.16. The van der Waals surface area contributed by atoms with Crippen molar-refractivity contribution in [3.8, 4) is 0 Å². The van der Waals surface area contributed by atoms with Gasteiger partial charge in [-0.05, 0) is 43.8 Å². The normalized spacial score (nSPS) is 11.2. The molecular formula is C17H17ClN2S. The topological polar surface area (TPSA) is 27.8 Å². The Morgan fingerprint density at radius 3 is 2.81 bits per heavy atom. The fourth-order valence-corrected chi connectivity index (χ4v) is 3.70. The van der Waals surface area contributed by atoms with Crippen molar-refractivity contribution in [2.75, 3.05) is 7.05 Å². The molecule has 0 aliphatic rings. The Morgan fingerprint density at radius 2 is 2.00 bits per heavy atom. The Morgan fingerprint density at radius 1 is 1.14 bits per heavy atom. The van der Waals surface area contributed by atoms with E-state index < -0.39 is 0 Å². The zero-order chi connectivity index (χ0) is 14.8. The monoisotopic (exact) mass is 316 g/mol. The van der Waals surface area contributed by atoms with E-state index in [2.05, 4.69) is 47.7 Å². The maximum absolute atomic E-state index is 6.16. The molecule has 0 unspecified atom stereocenters. The van der Waals surface area contributed by atoms with E-state index in [4.69, 9.17) is 11.6 Å². The molecule has 0 saturated carbocycles. The second-order valence-electron chi connectivity index (χ2n) is 5.09. The van der Waals surface area contributed by atoms with E-state index >= 15 is 0 Å². The highest BCUT2D eigenvalue weighted by Crippen LogP contribution is 2.36. The van der Waals surface area contributed by atoms with Crippen molar-refractivity contribution in [3.05, 3.63) is 58.7 Å². The summed E-state index contributed by atoms with van der Waals surface area (Å²) in [4.78, 5) is 5.76. The number of hydrogen-bond acceptors (Lipinski definition) is 2. The summed E-state index contributed by atoms with van der Waals surface area (Å²) < 4.78 is 0. The van der Waals surface area contributed by atoms with Gasteiger partial charge in [0.1, 0.15) is 0 Å². The number of aromatic nitrogens is 1. The molecule has 0 aliphatic heterocycles. The molecular weight excluding hydrogens is 300 g/mol. The van der Waals surface area contributed by atoms with E-state index in [0.717, 1.165) is 11.6 Å². The number of aromatic amines is 1. The van der Waals surface area contributed by atoms with E-state index in [1.54, 1.807) is 11.8 Å². The lowest BCUT2D eigenvalue weighted by atomic mass is 10.2. The SMILES string of the molecule is CNCc1ccc(Cl)cc1Sc1c[nH]c2ccc(C)cc12. The molecule has 2 N–H and O–H groups in total. The lowest BCUT2D eigenvalue weighted by Crippen LogP contribution is -2.05. The van der Waals surface area contributed by atoms with Crippen LogP contribution in [0.4, 0.5) is 0 Å². The Bertz CT molecular complexity index is 780. The van der Waals surface area contributed by atoms with E-state index in [9.17, 15) is 0 Å². The molecule has 2 aromatic carbocycles. The lowest BCUT2D eigenvalue weighted by molar-refractivity contribution is 0.803. The minimum absolute atomic E-state index is 0.772. The number of fused-ring (bicyclic) bond motifs is 1. The summed E-state index contributed by atoms with van der Waals surface area (Å²) in [5.74, 6) is 0. The Kier molecular flexibility index (Phi) is 4.24. The molecule has 0 aliphatic carbocycles. The van der Waals surface area contributed by atoms with Crippen molar-refractivity contribution in [1.82, 2.24) is 10.3 Å². The van der Waals surface area contributed by atoms with Gasteiger partial charge in [-0.25, -0.2) is 0 Å². The Labute approximate surface area is 133 Å². The summed E-state index contributed by atoms with van der Waals surface area (Å²) in [5.41, 5.74) is 3.69. The van der Waals surface area contributed by atoms with E-state index in [1.807, 2.05) is 19.2 Å². The van der Waals surface area contributed by atoms with Gasteiger partial charge < -0.3 is 10.3 Å². The molecule has 0 fully saturated rings. The van der Waals surface area contributed by atoms with Crippen LogP contribution in [0, 0.1) is 6.92 Å². The van der Waals surface area contributed by atoms with Gasteiger partial charge in [0.05, 0.1) is 0 Å². The number of halogens is 1. The molecule has 21 heavy (non-hydrogen) atoms. The Hall–Kier alpha value is -1.42. The average molecular weight is 317 g/mol. The molecule has 0 radical (unpaired) electrons. The van der Waals surface area contributed by atoms with Gasteiger partial charge in [-0.1, -0.05) is 41.1 Å². The smallest absolute Gasteiger partial charge is 0.0465 e. The van der Waals surface area contributed by atoms with Gasteiger partial charge in [0.25, 0.3) is 0 Å². The van der Waals surface area contributed by atoms with Gasteiger partial charge in [-0.3, -0.25) is 0 Å². The van der Waals surface area contributed by atoms with Crippen molar-refractivity contribution in [1.29, 1.82) is 0 Å². The molecule has 1 aromatic heterocycles. The zero-order valence-electron chi connectivity index (χ0n) is 12.0. The van der Waals surface area contributed by atoms with E-state index in [-0.39, 0.29) is 0 Å². The van der Waals surface area contributed by atoms with E-state index in [0.29, 0.717) is 0 Å². The summed E-state index contributed by atoms with van der Waals surface area (Å²) in [7, 11) is 1.96. The molecule has 0 amide bonds. The summed E-state index contributed by atoms with van der Waals surface area (Å²) in [6.45, 7) is 2.95. The maximum Gasteiger partial charge on any atom is 0.0465 e. The van der Waals surface area contributed by atoms with Crippen LogP contribution < -0.4 is 5.32 Å². The third kappa shape index (κ3) is 3.10. The molecule has 3 rings (SSSR count). The number of H-pyrrole nitrogens is 1. The van der Waals surface area contributed by atoms with Gasteiger partial charge in [0, 0.05) is 38.5 Å². The van der Waals surface area contributed by atoms with Gasteiger partial charge in [-0.2, -0.15) is 0 Å². The van der Waals surface area contributed by atoms with Crippen LogP contribution in [0.3, 0.4) is 0 Å². The van der Waals surface area contributed by atoms with Crippen LogP contribution in [0.15, 0.2) is 52.4 Å². The van der Waals surface area contributed by atoms with Crippen LogP contribution in [-0.4, -0.2) is 12.0 Å². The first kappa shape index (κ1) is 14.5. The third-order valence-electron chi connectivity index (χ3n) is 3.42. The van der Waals surface area contributed by atoms with Crippen molar-refractivity contribution in [2.45, 2.75) is 23.3 Å². The molecule has 0 saturated heterocycles. The van der Waals surface area contributed by atoms with Gasteiger partial charge in [-0.15, -0.1) is 0 Å². The van der Waals surface area contributed by atoms with Crippen molar-refractivity contribution >= 4 is 34.3 Å². The van der Waals surface area contributed by atoms with Crippen LogP contribution >= 0.6 is 23.4 Å². The second kappa shape index (κ2) is 6.14. The van der Waals surface area contributed by atoms with Gasteiger partial charge in [0.15, 0.2) is 0 Å². The quantitative estimate of drug-likeness (QED) is 0.709. The van der Waals surface area contributed by atoms with Gasteiger partial charge >= 0.3 is 0 Å². The standard InChI is InChI=1S/C17H17ClN2S/c1-11-3-6-15-14(7-11)17(10-20-15)21-16-8-13(18)5-4-12(16)9-19-2/h3-8,10,19-20H,9H2,1-2H3. The predicted octanol–water partition coefficient (Wildman–Crippen LogP) is 5.00. The summed E-state index contributed by atoms with van der Waals surface area (Å²) in [5, 5.41) is 5.24. The largest absolute Gasteiger partial charge is 0.360 e. The summed E-state index contributed by atoms with van der Waals surface area (Å²) in [6.07, 6.45) is 2.07. The number of aryl methyl sites for hydroxylation is 1. The van der Waals surface area contributed by atoms with E-state index in [1.165, 1.54) is 31.8 Å². The van der Waals surface area contributed by atoms with Crippen LogP contribution in [0.25, 0.3) is 10.9 Å². The highest BCUT2D eigenvalue weighted by Gasteiger charge is 2.09. The first-order chi connectivity index (χ1) is 10.2. The van der Waals surface area contributed by atoms with Crippen LogP contribution in [0.5, 0.6) is 0 Å². The van der Waals surface area contributed by atoms with Crippen LogP contribution in [-0.2, 0) is 6.54 Å². The highest BCUT2D eigenvalue weighted by molar-refractivity contribution is 7.99. The second-order valence-corrected chi connectivity index (χ2v) is 6.61. The molecule has 3 aromatic rings. The number of benzene rings is 2. The molecule has 4 heteroatoms. The minimum Gasteiger partial charge on any atom is -0.360 e. The lowest BCUT2D eigenvalue weighted by Gasteiger charge is -2.09. The van der Waals surface area contributed by atoms with Crippen LogP contribution in [0.2, 0.25) is 5.02 Å². The first-order valence-corrected chi connectivity index (χ1v) is 8.05. The van der Waals surface area contributed by atoms with Crippen molar-refractivity contribution < 1.29 is 0 Å². The number of nitrogens with one attached hydrogen (secondary N) is 2. The molecule has 108 valence electrons. The van der Waals surface area contributed by atoms with Gasteiger partial charge in [0.2, 0.25) is 0 Å². The number of hydrogen-bond donors (Lipinski definition) is 2. The molecule has 0 atom stereocenters. The van der Waals surface area contributed by atoms with Crippen LogP contribution in [0.1, 0.15) is 11.1 Å². The molecule has 0 spiro atoms.